The molecule has 0 aliphatic carbocycles. The number of esters is 1. The van der Waals surface area contributed by atoms with Crippen molar-refractivity contribution in [3.8, 4) is 5.75 Å². The Kier molecular flexibility index (Phi) is 6.62. The van der Waals surface area contributed by atoms with Gasteiger partial charge in [-0.25, -0.2) is 4.98 Å². The average Bonchev–Trinajstić information content (AvgIpc) is 2.44. The van der Waals surface area contributed by atoms with Crippen LogP contribution in [0, 0.1) is 4.91 Å². The molecule has 1 rings (SSSR count). The van der Waals surface area contributed by atoms with E-state index in [2.05, 4.69) is 31.4 Å². The fourth-order valence-electron chi connectivity index (χ4n) is 1.62. The third-order valence-corrected chi connectivity index (χ3v) is 2.89. The lowest BCUT2D eigenvalue weighted by molar-refractivity contribution is -0.155. The summed E-state index contributed by atoms with van der Waals surface area (Å²) in [5, 5.41) is 5.05. The SMILES string of the molecule is COc1cc(Br)cnc1C(=O)NC(CC(=O)OC(C)(C)C)N=O. The van der Waals surface area contributed by atoms with Crippen molar-refractivity contribution in [1.29, 1.82) is 0 Å². The van der Waals surface area contributed by atoms with Gasteiger partial charge in [-0.2, -0.15) is 0 Å². The maximum Gasteiger partial charge on any atom is 0.310 e. The number of nitrogens with one attached hydrogen (secondary N) is 1. The van der Waals surface area contributed by atoms with E-state index in [9.17, 15) is 14.5 Å². The van der Waals surface area contributed by atoms with Crippen molar-refractivity contribution in [2.45, 2.75) is 39.0 Å². The monoisotopic (exact) mass is 387 g/mol. The zero-order valence-corrected chi connectivity index (χ0v) is 14.8. The van der Waals surface area contributed by atoms with Gasteiger partial charge < -0.3 is 14.8 Å². The summed E-state index contributed by atoms with van der Waals surface area (Å²) in [5.41, 5.74) is -0.709. The van der Waals surface area contributed by atoms with Crippen LogP contribution in [0.3, 0.4) is 0 Å². The van der Waals surface area contributed by atoms with Gasteiger partial charge >= 0.3 is 5.97 Å². The number of rotatable bonds is 6. The lowest BCUT2D eigenvalue weighted by Gasteiger charge is -2.20. The highest BCUT2D eigenvalue weighted by Crippen LogP contribution is 2.21. The number of hydrogen-bond acceptors (Lipinski definition) is 7. The molecule has 0 saturated carbocycles. The minimum atomic E-state index is -1.26. The van der Waals surface area contributed by atoms with E-state index < -0.39 is 23.6 Å². The Balaban J connectivity index is 2.78. The van der Waals surface area contributed by atoms with Crippen LogP contribution < -0.4 is 10.1 Å². The number of ether oxygens (including phenoxy) is 2. The van der Waals surface area contributed by atoms with E-state index in [1.165, 1.54) is 13.3 Å². The molecule has 1 heterocycles. The standard InChI is InChI=1S/C14H18BrN3O5/c1-14(2,3)23-11(19)6-10(18-21)17-13(20)12-9(22-4)5-8(15)7-16-12/h5,7,10H,6H2,1-4H3,(H,17,20). The van der Waals surface area contributed by atoms with Crippen molar-refractivity contribution in [2.24, 2.45) is 5.18 Å². The first-order valence-electron chi connectivity index (χ1n) is 6.71. The summed E-state index contributed by atoms with van der Waals surface area (Å²) >= 11 is 3.21. The van der Waals surface area contributed by atoms with Gasteiger partial charge in [0.1, 0.15) is 5.60 Å². The Bertz CT molecular complexity index is 601. The normalized spacial score (nSPS) is 12.2. The molecule has 0 aliphatic rings. The molecule has 0 aromatic carbocycles. The number of methoxy groups -OCH3 is 1. The zero-order chi connectivity index (χ0) is 17.6. The predicted molar refractivity (Wildman–Crippen MR) is 86.0 cm³/mol. The number of amides is 1. The van der Waals surface area contributed by atoms with Crippen LogP contribution in [0.15, 0.2) is 21.9 Å². The fourth-order valence-corrected chi connectivity index (χ4v) is 1.93. The summed E-state index contributed by atoms with van der Waals surface area (Å²) in [4.78, 5) is 38.6. The number of pyridine rings is 1. The van der Waals surface area contributed by atoms with Gasteiger partial charge in [0, 0.05) is 10.7 Å². The maximum absolute atomic E-state index is 12.2. The maximum atomic E-state index is 12.2. The highest BCUT2D eigenvalue weighted by atomic mass is 79.9. The molecular formula is C14H18BrN3O5. The van der Waals surface area contributed by atoms with Gasteiger partial charge in [-0.1, -0.05) is 0 Å². The predicted octanol–water partition coefficient (Wildman–Crippen LogP) is 2.41. The van der Waals surface area contributed by atoms with Crippen molar-refractivity contribution in [1.82, 2.24) is 10.3 Å². The lowest BCUT2D eigenvalue weighted by Crippen LogP contribution is -2.37. The van der Waals surface area contributed by atoms with E-state index in [1.54, 1.807) is 26.8 Å². The first kappa shape index (κ1) is 19.0. The third-order valence-electron chi connectivity index (χ3n) is 2.46. The van der Waals surface area contributed by atoms with Crippen molar-refractivity contribution in [3.63, 3.8) is 0 Å². The summed E-state index contributed by atoms with van der Waals surface area (Å²) < 4.78 is 10.8. The number of nitroso groups, excluding NO2 is 1. The molecule has 0 saturated heterocycles. The van der Waals surface area contributed by atoms with E-state index in [1.807, 2.05) is 0 Å². The molecule has 0 radical (unpaired) electrons. The molecule has 0 fully saturated rings. The van der Waals surface area contributed by atoms with Gasteiger partial charge in [0.15, 0.2) is 17.6 Å². The second kappa shape index (κ2) is 8.00. The van der Waals surface area contributed by atoms with Gasteiger partial charge in [0.2, 0.25) is 0 Å². The number of carbonyl (C=O) groups is 2. The summed E-state index contributed by atoms with van der Waals surface area (Å²) in [6.07, 6.45) is -0.215. The van der Waals surface area contributed by atoms with E-state index in [0.29, 0.717) is 4.47 Å². The molecule has 8 nitrogen and oxygen atoms in total. The van der Waals surface area contributed by atoms with Crippen LogP contribution >= 0.6 is 15.9 Å². The number of hydrogen-bond donors (Lipinski definition) is 1. The first-order valence-corrected chi connectivity index (χ1v) is 7.50. The minimum Gasteiger partial charge on any atom is -0.494 e. The molecule has 23 heavy (non-hydrogen) atoms. The lowest BCUT2D eigenvalue weighted by atomic mass is 10.2. The molecule has 9 heteroatoms. The van der Waals surface area contributed by atoms with E-state index >= 15 is 0 Å². The van der Waals surface area contributed by atoms with Crippen LogP contribution in [0.5, 0.6) is 5.75 Å². The Labute approximate surface area is 142 Å². The Morgan fingerprint density at radius 3 is 2.61 bits per heavy atom. The van der Waals surface area contributed by atoms with Crippen LogP contribution in [0.2, 0.25) is 0 Å². The Morgan fingerprint density at radius 2 is 2.09 bits per heavy atom. The molecule has 1 aromatic rings. The summed E-state index contributed by atoms with van der Waals surface area (Å²) in [5.74, 6) is -1.10. The first-order chi connectivity index (χ1) is 10.7. The van der Waals surface area contributed by atoms with Crippen LogP contribution in [0.1, 0.15) is 37.7 Å². The number of aromatic nitrogens is 1. The highest BCUT2D eigenvalue weighted by Gasteiger charge is 2.24. The molecule has 0 aliphatic heterocycles. The topological polar surface area (TPSA) is 107 Å². The van der Waals surface area contributed by atoms with Gasteiger partial charge in [0.05, 0.1) is 13.5 Å². The van der Waals surface area contributed by atoms with Crippen molar-refractivity contribution >= 4 is 27.8 Å². The fraction of sp³-hybridized carbons (Fsp3) is 0.500. The van der Waals surface area contributed by atoms with E-state index in [4.69, 9.17) is 9.47 Å². The third kappa shape index (κ3) is 6.31. The molecule has 1 aromatic heterocycles. The summed E-state index contributed by atoms with van der Waals surface area (Å²) in [6.45, 7) is 5.09. The zero-order valence-electron chi connectivity index (χ0n) is 13.3. The van der Waals surface area contributed by atoms with Crippen molar-refractivity contribution in [3.05, 3.63) is 27.3 Å². The number of halogens is 1. The molecular weight excluding hydrogens is 370 g/mol. The van der Waals surface area contributed by atoms with Crippen molar-refractivity contribution < 1.29 is 19.1 Å². The molecule has 1 unspecified atom stereocenters. The quantitative estimate of drug-likeness (QED) is 0.593. The highest BCUT2D eigenvalue weighted by molar-refractivity contribution is 9.10. The van der Waals surface area contributed by atoms with E-state index in [0.717, 1.165) is 0 Å². The number of nitrogens with zero attached hydrogens (tertiary/aromatic N) is 2. The summed E-state index contributed by atoms with van der Waals surface area (Å²) in [7, 11) is 1.39. The van der Waals surface area contributed by atoms with Gasteiger partial charge in [-0.3, -0.25) is 9.59 Å². The van der Waals surface area contributed by atoms with Gasteiger partial charge in [0.25, 0.3) is 5.91 Å². The Morgan fingerprint density at radius 1 is 1.43 bits per heavy atom. The summed E-state index contributed by atoms with van der Waals surface area (Å²) in [6, 6.07) is 1.55. The molecule has 0 spiro atoms. The largest absolute Gasteiger partial charge is 0.494 e. The van der Waals surface area contributed by atoms with Crippen LogP contribution in [-0.2, 0) is 9.53 Å². The van der Waals surface area contributed by atoms with Crippen molar-refractivity contribution in [2.75, 3.05) is 7.11 Å². The molecule has 126 valence electrons. The second-order valence-corrected chi connectivity index (χ2v) is 6.51. The molecule has 1 N–H and O–H groups in total. The van der Waals surface area contributed by atoms with Crippen LogP contribution in [0.4, 0.5) is 0 Å². The van der Waals surface area contributed by atoms with Gasteiger partial charge in [-0.05, 0) is 47.9 Å². The minimum absolute atomic E-state index is 0.0199. The molecule has 1 atom stereocenters. The average molecular weight is 388 g/mol. The second-order valence-electron chi connectivity index (χ2n) is 5.59. The smallest absolute Gasteiger partial charge is 0.310 e. The van der Waals surface area contributed by atoms with Crippen LogP contribution in [0.25, 0.3) is 0 Å². The molecule has 0 bridgehead atoms. The van der Waals surface area contributed by atoms with Gasteiger partial charge in [-0.15, -0.1) is 4.91 Å². The van der Waals surface area contributed by atoms with Crippen LogP contribution in [-0.4, -0.2) is 35.7 Å². The molecule has 1 amide bonds. The Hall–Kier alpha value is -2.03. The number of carbonyl (C=O) groups excluding carboxylic acids is 2. The van der Waals surface area contributed by atoms with E-state index in [-0.39, 0.29) is 17.9 Å².